The van der Waals surface area contributed by atoms with Crippen molar-refractivity contribution in [2.45, 2.75) is 43.6 Å². The molecule has 1 aromatic heterocycles. The number of fused-ring (bicyclic) bond motifs is 1. The first-order chi connectivity index (χ1) is 11.9. The Morgan fingerprint density at radius 3 is 2.64 bits per heavy atom. The lowest BCUT2D eigenvalue weighted by atomic mass is 10.1. The van der Waals surface area contributed by atoms with Crippen molar-refractivity contribution in [1.29, 1.82) is 0 Å². The highest BCUT2D eigenvalue weighted by atomic mass is 32.2. The lowest BCUT2D eigenvalue weighted by Crippen LogP contribution is -2.27. The second kappa shape index (κ2) is 6.84. The maximum Gasteiger partial charge on any atom is 0.237 e. The topological polar surface area (TPSA) is 72.7 Å². The summed E-state index contributed by atoms with van der Waals surface area (Å²) in [7, 11) is 0. The van der Waals surface area contributed by atoms with Crippen LogP contribution in [0.5, 0.6) is 0 Å². The molecule has 1 atom stereocenters. The number of carbonyl (C=O) groups is 1. The summed E-state index contributed by atoms with van der Waals surface area (Å²) in [5, 5.41) is 17.3. The molecule has 0 aliphatic rings. The number of hydrogen-bond donors (Lipinski definition) is 1. The highest BCUT2D eigenvalue weighted by Gasteiger charge is 2.24. The number of tetrazole rings is 1. The van der Waals surface area contributed by atoms with Gasteiger partial charge in [-0.3, -0.25) is 4.79 Å². The van der Waals surface area contributed by atoms with E-state index < -0.39 is 0 Å². The first kappa shape index (κ1) is 17.4. The van der Waals surface area contributed by atoms with Crippen molar-refractivity contribution in [3.8, 4) is 0 Å². The van der Waals surface area contributed by atoms with E-state index in [4.69, 9.17) is 0 Å². The predicted molar refractivity (Wildman–Crippen MR) is 101 cm³/mol. The molecule has 3 aromatic rings. The van der Waals surface area contributed by atoms with Gasteiger partial charge in [0.15, 0.2) is 0 Å². The van der Waals surface area contributed by atoms with E-state index in [-0.39, 0.29) is 16.7 Å². The summed E-state index contributed by atoms with van der Waals surface area (Å²) >= 11 is 1.35. The molecule has 6 nitrogen and oxygen atoms in total. The Balaban J connectivity index is 1.76. The van der Waals surface area contributed by atoms with Gasteiger partial charge in [-0.1, -0.05) is 48.2 Å². The minimum atomic E-state index is -0.328. The van der Waals surface area contributed by atoms with E-state index in [2.05, 4.69) is 20.8 Å². The number of benzene rings is 2. The third-order valence-corrected chi connectivity index (χ3v) is 4.81. The highest BCUT2D eigenvalue weighted by molar-refractivity contribution is 8.00. The molecule has 130 valence electrons. The molecule has 1 N–H and O–H groups in total. The predicted octanol–water partition coefficient (Wildman–Crippen LogP) is 3.70. The summed E-state index contributed by atoms with van der Waals surface area (Å²) in [4.78, 5) is 12.6. The number of rotatable bonds is 4. The van der Waals surface area contributed by atoms with Gasteiger partial charge in [0, 0.05) is 11.1 Å². The molecule has 0 saturated carbocycles. The van der Waals surface area contributed by atoms with Crippen LogP contribution in [0.15, 0.2) is 47.6 Å². The Labute approximate surface area is 151 Å². The van der Waals surface area contributed by atoms with Gasteiger partial charge in [0.1, 0.15) is 0 Å². The second-order valence-electron chi connectivity index (χ2n) is 6.82. The van der Waals surface area contributed by atoms with E-state index in [1.165, 1.54) is 11.8 Å². The molecule has 0 aliphatic carbocycles. The van der Waals surface area contributed by atoms with Crippen molar-refractivity contribution < 1.29 is 4.79 Å². The zero-order valence-electron chi connectivity index (χ0n) is 14.7. The van der Waals surface area contributed by atoms with E-state index in [0.717, 1.165) is 16.5 Å². The van der Waals surface area contributed by atoms with Crippen molar-refractivity contribution in [2.75, 3.05) is 5.32 Å². The van der Waals surface area contributed by atoms with Crippen molar-refractivity contribution >= 4 is 34.1 Å². The Morgan fingerprint density at radius 1 is 1.16 bits per heavy atom. The molecular formula is C18H21N5OS. The van der Waals surface area contributed by atoms with Gasteiger partial charge < -0.3 is 5.32 Å². The first-order valence-corrected chi connectivity index (χ1v) is 8.98. The molecule has 1 amide bonds. The molecule has 7 heteroatoms. The van der Waals surface area contributed by atoms with Crippen molar-refractivity contribution in [1.82, 2.24) is 20.2 Å². The number of carbonyl (C=O) groups excluding carboxylic acids is 1. The van der Waals surface area contributed by atoms with Gasteiger partial charge in [0.05, 0.1) is 10.8 Å². The lowest BCUT2D eigenvalue weighted by molar-refractivity contribution is -0.115. The quantitative estimate of drug-likeness (QED) is 0.723. The number of amides is 1. The first-order valence-electron chi connectivity index (χ1n) is 8.10. The zero-order valence-corrected chi connectivity index (χ0v) is 15.5. The molecule has 0 saturated heterocycles. The van der Waals surface area contributed by atoms with Gasteiger partial charge in [-0.2, -0.15) is 0 Å². The SMILES string of the molecule is C[C@H](Sc1nnnn1C(C)(C)C)C(=O)Nc1cccc2ccccc12. The van der Waals surface area contributed by atoms with Gasteiger partial charge in [-0.25, -0.2) is 4.68 Å². The Bertz CT molecular complexity index is 894. The molecular weight excluding hydrogens is 334 g/mol. The Hall–Kier alpha value is -2.41. The molecule has 0 aliphatic heterocycles. The molecule has 0 radical (unpaired) electrons. The minimum absolute atomic E-state index is 0.0789. The molecule has 2 aromatic carbocycles. The fourth-order valence-electron chi connectivity index (χ4n) is 2.45. The number of hydrogen-bond acceptors (Lipinski definition) is 5. The smallest absolute Gasteiger partial charge is 0.237 e. The molecule has 1 heterocycles. The summed E-state index contributed by atoms with van der Waals surface area (Å²) in [6.45, 7) is 7.92. The molecule has 0 spiro atoms. The largest absolute Gasteiger partial charge is 0.325 e. The molecule has 25 heavy (non-hydrogen) atoms. The third kappa shape index (κ3) is 3.82. The molecule has 0 unspecified atom stereocenters. The van der Waals surface area contributed by atoms with Crippen LogP contribution in [0.2, 0.25) is 0 Å². The Kier molecular flexibility index (Phi) is 4.76. The lowest BCUT2D eigenvalue weighted by Gasteiger charge is -2.20. The summed E-state index contributed by atoms with van der Waals surface area (Å²) in [6, 6.07) is 13.9. The van der Waals surface area contributed by atoms with Crippen LogP contribution < -0.4 is 5.32 Å². The average Bonchev–Trinajstić information content (AvgIpc) is 3.03. The van der Waals surface area contributed by atoms with Crippen LogP contribution in [-0.4, -0.2) is 31.4 Å². The van der Waals surface area contributed by atoms with E-state index in [1.807, 2.05) is 70.2 Å². The van der Waals surface area contributed by atoms with Crippen molar-refractivity contribution in [3.63, 3.8) is 0 Å². The van der Waals surface area contributed by atoms with Crippen molar-refractivity contribution in [2.24, 2.45) is 0 Å². The average molecular weight is 355 g/mol. The van der Waals surface area contributed by atoms with Gasteiger partial charge >= 0.3 is 0 Å². The summed E-state index contributed by atoms with van der Waals surface area (Å²) in [5.74, 6) is -0.0789. The zero-order chi connectivity index (χ0) is 18.0. The second-order valence-corrected chi connectivity index (χ2v) is 8.13. The van der Waals surface area contributed by atoms with E-state index >= 15 is 0 Å². The highest BCUT2D eigenvalue weighted by Crippen LogP contribution is 2.27. The normalized spacial score (nSPS) is 13.0. The van der Waals surface area contributed by atoms with Crippen LogP contribution in [-0.2, 0) is 10.3 Å². The summed E-state index contributed by atoms with van der Waals surface area (Å²) in [5.41, 5.74) is 0.573. The minimum Gasteiger partial charge on any atom is -0.325 e. The van der Waals surface area contributed by atoms with E-state index in [1.54, 1.807) is 4.68 Å². The molecule has 3 rings (SSSR count). The molecule has 0 fully saturated rings. The number of anilines is 1. The number of thioether (sulfide) groups is 1. The standard InChI is InChI=1S/C18H21N5OS/c1-12(25-17-20-21-22-23(17)18(2,3)4)16(24)19-15-11-7-9-13-8-5-6-10-14(13)15/h5-12H,1-4H3,(H,19,24)/t12-/m0/s1. The van der Waals surface area contributed by atoms with Crippen LogP contribution in [0.1, 0.15) is 27.7 Å². The van der Waals surface area contributed by atoms with Gasteiger partial charge in [-0.15, -0.1) is 5.10 Å². The van der Waals surface area contributed by atoms with Crippen LogP contribution in [0.3, 0.4) is 0 Å². The fourth-order valence-corrected chi connectivity index (χ4v) is 3.43. The number of aromatic nitrogens is 4. The summed E-state index contributed by atoms with van der Waals surface area (Å²) in [6.07, 6.45) is 0. The van der Waals surface area contributed by atoms with Crippen LogP contribution in [0.25, 0.3) is 10.8 Å². The maximum atomic E-state index is 12.6. The van der Waals surface area contributed by atoms with Crippen molar-refractivity contribution in [3.05, 3.63) is 42.5 Å². The van der Waals surface area contributed by atoms with Gasteiger partial charge in [-0.05, 0) is 49.6 Å². The van der Waals surface area contributed by atoms with E-state index in [9.17, 15) is 4.79 Å². The monoisotopic (exact) mass is 355 g/mol. The summed E-state index contributed by atoms with van der Waals surface area (Å²) < 4.78 is 1.74. The fraction of sp³-hybridized carbons (Fsp3) is 0.333. The van der Waals surface area contributed by atoms with Crippen LogP contribution in [0.4, 0.5) is 5.69 Å². The van der Waals surface area contributed by atoms with Gasteiger partial charge in [0.2, 0.25) is 11.1 Å². The maximum absolute atomic E-state index is 12.6. The van der Waals surface area contributed by atoms with Gasteiger partial charge in [0.25, 0.3) is 0 Å². The molecule has 0 bridgehead atoms. The van der Waals surface area contributed by atoms with Crippen LogP contribution >= 0.6 is 11.8 Å². The van der Waals surface area contributed by atoms with Crippen LogP contribution in [0, 0.1) is 0 Å². The number of nitrogens with one attached hydrogen (secondary N) is 1. The number of nitrogens with zero attached hydrogens (tertiary/aromatic N) is 4. The van der Waals surface area contributed by atoms with E-state index in [0.29, 0.717) is 5.16 Å². The Morgan fingerprint density at radius 2 is 1.88 bits per heavy atom. The third-order valence-electron chi connectivity index (χ3n) is 3.78.